The molecule has 0 radical (unpaired) electrons. The highest BCUT2D eigenvalue weighted by atomic mass is 16.5. The van der Waals surface area contributed by atoms with Crippen molar-refractivity contribution in [1.29, 1.82) is 0 Å². The molecule has 1 aromatic rings. The summed E-state index contributed by atoms with van der Waals surface area (Å²) < 4.78 is 5.40. The molecular weight excluding hydrogens is 266 g/mol. The van der Waals surface area contributed by atoms with Crippen LogP contribution >= 0.6 is 0 Å². The molecule has 1 aliphatic heterocycles. The number of likely N-dealkylation sites (tertiary alicyclic amines) is 1. The lowest BCUT2D eigenvalue weighted by molar-refractivity contribution is -0.151. The Kier molecular flexibility index (Phi) is 6.41. The van der Waals surface area contributed by atoms with Crippen LogP contribution < -0.4 is 0 Å². The van der Waals surface area contributed by atoms with Gasteiger partial charge in [-0.3, -0.25) is 4.79 Å². The Morgan fingerprint density at radius 1 is 1.24 bits per heavy atom. The van der Waals surface area contributed by atoms with Crippen molar-refractivity contribution in [3.05, 3.63) is 35.9 Å². The van der Waals surface area contributed by atoms with E-state index in [2.05, 4.69) is 4.90 Å². The first kappa shape index (κ1) is 15.7. The summed E-state index contributed by atoms with van der Waals surface area (Å²) in [5, 5.41) is 0. The van der Waals surface area contributed by atoms with Crippen molar-refractivity contribution in [2.24, 2.45) is 5.92 Å². The Balaban J connectivity index is 1.67. The number of ether oxygens (including phenoxy) is 1. The van der Waals surface area contributed by atoms with Gasteiger partial charge >= 0.3 is 5.97 Å². The van der Waals surface area contributed by atoms with Crippen molar-refractivity contribution < 1.29 is 14.3 Å². The van der Waals surface area contributed by atoms with Gasteiger partial charge in [0.05, 0.1) is 5.92 Å². The standard InChI is InChI=1S/C17H23NO3/c19-13-5-4-10-18-11-8-16(9-12-18)17(20)21-14-15-6-2-1-3-7-15/h1-3,6-7,13,16H,4-5,8-12,14H2. The van der Waals surface area contributed by atoms with Crippen LogP contribution in [0.15, 0.2) is 30.3 Å². The summed E-state index contributed by atoms with van der Waals surface area (Å²) in [5.41, 5.74) is 1.03. The zero-order valence-corrected chi connectivity index (χ0v) is 12.4. The molecule has 0 aromatic heterocycles. The zero-order chi connectivity index (χ0) is 14.9. The van der Waals surface area contributed by atoms with Crippen molar-refractivity contribution >= 4 is 12.3 Å². The molecule has 0 N–H and O–H groups in total. The van der Waals surface area contributed by atoms with E-state index in [4.69, 9.17) is 4.74 Å². The SMILES string of the molecule is O=CCCCN1CCC(C(=O)OCc2ccccc2)CC1. The first-order valence-corrected chi connectivity index (χ1v) is 7.66. The van der Waals surface area contributed by atoms with Crippen LogP contribution in [0.3, 0.4) is 0 Å². The van der Waals surface area contributed by atoms with Gasteiger partial charge < -0.3 is 14.4 Å². The first-order chi connectivity index (χ1) is 10.3. The number of carbonyl (C=O) groups excluding carboxylic acids is 2. The lowest BCUT2D eigenvalue weighted by atomic mass is 9.97. The number of piperidine rings is 1. The van der Waals surface area contributed by atoms with E-state index in [0.29, 0.717) is 13.0 Å². The van der Waals surface area contributed by atoms with Gasteiger partial charge in [0.1, 0.15) is 12.9 Å². The third kappa shape index (κ3) is 5.31. The van der Waals surface area contributed by atoms with Crippen LogP contribution in [0, 0.1) is 5.92 Å². The topological polar surface area (TPSA) is 46.6 Å². The Morgan fingerprint density at radius 2 is 1.95 bits per heavy atom. The highest BCUT2D eigenvalue weighted by molar-refractivity contribution is 5.72. The summed E-state index contributed by atoms with van der Waals surface area (Å²) in [7, 11) is 0. The first-order valence-electron chi connectivity index (χ1n) is 7.66. The highest BCUT2D eigenvalue weighted by Gasteiger charge is 2.25. The number of carbonyl (C=O) groups is 2. The number of hydrogen-bond acceptors (Lipinski definition) is 4. The maximum absolute atomic E-state index is 12.1. The predicted molar refractivity (Wildman–Crippen MR) is 80.7 cm³/mol. The molecule has 2 rings (SSSR count). The van der Waals surface area contributed by atoms with Crippen molar-refractivity contribution in [2.45, 2.75) is 32.3 Å². The molecule has 0 unspecified atom stereocenters. The number of rotatable bonds is 7. The number of esters is 1. The number of hydrogen-bond donors (Lipinski definition) is 0. The molecule has 0 bridgehead atoms. The number of benzene rings is 1. The van der Waals surface area contributed by atoms with Crippen LogP contribution in [-0.2, 0) is 20.9 Å². The third-order valence-corrected chi connectivity index (χ3v) is 3.94. The Hall–Kier alpha value is -1.68. The monoisotopic (exact) mass is 289 g/mol. The average Bonchev–Trinajstić information content (AvgIpc) is 2.54. The largest absolute Gasteiger partial charge is 0.461 e. The molecule has 4 heteroatoms. The molecule has 0 amide bonds. The van der Waals surface area contributed by atoms with Gasteiger partial charge in [0.2, 0.25) is 0 Å². The second-order valence-electron chi connectivity index (χ2n) is 5.52. The van der Waals surface area contributed by atoms with Crippen LogP contribution in [-0.4, -0.2) is 36.8 Å². The minimum atomic E-state index is -0.0774. The van der Waals surface area contributed by atoms with Crippen LogP contribution in [0.25, 0.3) is 0 Å². The number of aldehydes is 1. The Morgan fingerprint density at radius 3 is 2.62 bits per heavy atom. The average molecular weight is 289 g/mol. The van der Waals surface area contributed by atoms with Crippen LogP contribution in [0.1, 0.15) is 31.2 Å². The van der Waals surface area contributed by atoms with E-state index >= 15 is 0 Å². The van der Waals surface area contributed by atoms with Crippen LogP contribution in [0.4, 0.5) is 0 Å². The Labute approximate surface area is 126 Å². The summed E-state index contributed by atoms with van der Waals surface area (Å²) in [5.74, 6) is -0.0533. The summed E-state index contributed by atoms with van der Waals surface area (Å²) in [6.07, 6.45) is 4.21. The van der Waals surface area contributed by atoms with E-state index in [9.17, 15) is 9.59 Å². The van der Waals surface area contributed by atoms with E-state index in [1.165, 1.54) is 0 Å². The number of unbranched alkanes of at least 4 members (excludes halogenated alkanes) is 1. The minimum Gasteiger partial charge on any atom is -0.461 e. The van der Waals surface area contributed by atoms with Crippen LogP contribution in [0.5, 0.6) is 0 Å². The van der Waals surface area contributed by atoms with E-state index < -0.39 is 0 Å². The smallest absolute Gasteiger partial charge is 0.309 e. The summed E-state index contributed by atoms with van der Waals surface area (Å²) >= 11 is 0. The van der Waals surface area contributed by atoms with Crippen molar-refractivity contribution in [2.75, 3.05) is 19.6 Å². The predicted octanol–water partition coefficient (Wildman–Crippen LogP) is 2.42. The molecule has 1 saturated heterocycles. The normalized spacial score (nSPS) is 16.6. The highest BCUT2D eigenvalue weighted by Crippen LogP contribution is 2.19. The summed E-state index contributed by atoms with van der Waals surface area (Å²) in [6.45, 7) is 3.15. The summed E-state index contributed by atoms with van der Waals surface area (Å²) in [4.78, 5) is 24.7. The molecule has 0 saturated carbocycles. The fourth-order valence-electron chi connectivity index (χ4n) is 2.64. The van der Waals surface area contributed by atoms with E-state index in [0.717, 1.165) is 50.7 Å². The fraction of sp³-hybridized carbons (Fsp3) is 0.529. The van der Waals surface area contributed by atoms with Gasteiger partial charge in [-0.15, -0.1) is 0 Å². The van der Waals surface area contributed by atoms with Gasteiger partial charge in [-0.2, -0.15) is 0 Å². The minimum absolute atomic E-state index is 0.0241. The summed E-state index contributed by atoms with van der Waals surface area (Å²) in [6, 6.07) is 9.76. The molecule has 1 aliphatic rings. The molecule has 114 valence electrons. The number of nitrogens with zero attached hydrogens (tertiary/aromatic N) is 1. The van der Waals surface area contributed by atoms with E-state index in [1.54, 1.807) is 0 Å². The maximum atomic E-state index is 12.1. The van der Waals surface area contributed by atoms with Crippen molar-refractivity contribution in [3.63, 3.8) is 0 Å². The van der Waals surface area contributed by atoms with Crippen molar-refractivity contribution in [1.82, 2.24) is 4.90 Å². The Bertz CT molecular complexity index is 439. The molecule has 4 nitrogen and oxygen atoms in total. The molecule has 1 heterocycles. The van der Waals surface area contributed by atoms with Gasteiger partial charge in [-0.1, -0.05) is 30.3 Å². The van der Waals surface area contributed by atoms with Gasteiger partial charge in [0, 0.05) is 6.42 Å². The molecular formula is C17H23NO3. The van der Waals surface area contributed by atoms with Crippen molar-refractivity contribution in [3.8, 4) is 0 Å². The van der Waals surface area contributed by atoms with Gasteiger partial charge in [-0.05, 0) is 44.5 Å². The quantitative estimate of drug-likeness (QED) is 0.439. The third-order valence-electron chi connectivity index (χ3n) is 3.94. The fourth-order valence-corrected chi connectivity index (χ4v) is 2.64. The molecule has 1 fully saturated rings. The molecule has 21 heavy (non-hydrogen) atoms. The van der Waals surface area contributed by atoms with Crippen LogP contribution in [0.2, 0.25) is 0 Å². The zero-order valence-electron chi connectivity index (χ0n) is 12.4. The molecule has 1 aromatic carbocycles. The lowest BCUT2D eigenvalue weighted by Crippen LogP contribution is -2.37. The molecule has 0 atom stereocenters. The molecule has 0 spiro atoms. The van der Waals surface area contributed by atoms with Gasteiger partial charge in [-0.25, -0.2) is 0 Å². The van der Waals surface area contributed by atoms with Gasteiger partial charge in [0.25, 0.3) is 0 Å². The van der Waals surface area contributed by atoms with E-state index in [1.807, 2.05) is 30.3 Å². The maximum Gasteiger partial charge on any atom is 0.309 e. The second-order valence-corrected chi connectivity index (χ2v) is 5.52. The van der Waals surface area contributed by atoms with Gasteiger partial charge in [0.15, 0.2) is 0 Å². The lowest BCUT2D eigenvalue weighted by Gasteiger charge is -2.30. The molecule has 0 aliphatic carbocycles. The second kappa shape index (κ2) is 8.57. The van der Waals surface area contributed by atoms with E-state index in [-0.39, 0.29) is 11.9 Å².